The van der Waals surface area contributed by atoms with Gasteiger partial charge in [0.05, 0.1) is 0 Å². The molecule has 1 saturated heterocycles. The lowest BCUT2D eigenvalue weighted by atomic mass is 9.73. The van der Waals surface area contributed by atoms with Crippen molar-refractivity contribution in [2.24, 2.45) is 5.92 Å². The molecule has 1 fully saturated rings. The van der Waals surface area contributed by atoms with E-state index in [9.17, 15) is 0 Å². The molecule has 120 valence electrons. The molecule has 1 heterocycles. The zero-order valence-electron chi connectivity index (χ0n) is 14.4. The molecule has 1 aliphatic rings. The van der Waals surface area contributed by atoms with Crippen LogP contribution in [0.3, 0.4) is 0 Å². The molecule has 3 heteroatoms. The number of likely N-dealkylation sites (N-methyl/N-ethyl adjacent to an activating group) is 2. The molecule has 1 rings (SSSR count). The van der Waals surface area contributed by atoms with Crippen molar-refractivity contribution < 1.29 is 4.74 Å². The van der Waals surface area contributed by atoms with Gasteiger partial charge in [-0.2, -0.15) is 0 Å². The fourth-order valence-electron chi connectivity index (χ4n) is 4.25. The maximum atomic E-state index is 5.58. The van der Waals surface area contributed by atoms with Crippen LogP contribution in [0.2, 0.25) is 0 Å². The summed E-state index contributed by atoms with van der Waals surface area (Å²) in [6.45, 7) is 16.8. The van der Waals surface area contributed by atoms with Gasteiger partial charge in [-0.05, 0) is 51.2 Å². The van der Waals surface area contributed by atoms with Gasteiger partial charge in [0.15, 0.2) is 0 Å². The topological polar surface area (TPSA) is 24.5 Å². The molecule has 0 spiro atoms. The lowest BCUT2D eigenvalue weighted by molar-refractivity contribution is -0.0109. The Morgan fingerprint density at radius 3 is 2.00 bits per heavy atom. The number of rotatable bonds is 9. The Bertz CT molecular complexity index is 243. The van der Waals surface area contributed by atoms with E-state index in [1.165, 1.54) is 25.7 Å². The van der Waals surface area contributed by atoms with E-state index < -0.39 is 0 Å². The molecule has 3 nitrogen and oxygen atoms in total. The highest BCUT2D eigenvalue weighted by Gasteiger charge is 2.43. The van der Waals surface area contributed by atoms with Gasteiger partial charge in [-0.15, -0.1) is 0 Å². The molecule has 0 amide bonds. The summed E-state index contributed by atoms with van der Waals surface area (Å²) in [5.74, 6) is 0.754. The van der Waals surface area contributed by atoms with Gasteiger partial charge in [0.1, 0.15) is 0 Å². The molecule has 1 N–H and O–H groups in total. The summed E-state index contributed by atoms with van der Waals surface area (Å²) >= 11 is 0. The van der Waals surface area contributed by atoms with E-state index in [-0.39, 0.29) is 0 Å². The molecule has 0 aliphatic carbocycles. The van der Waals surface area contributed by atoms with Crippen LogP contribution in [0.25, 0.3) is 0 Å². The monoisotopic (exact) mass is 284 g/mol. The summed E-state index contributed by atoms with van der Waals surface area (Å²) in [5.41, 5.74) is 0.293. The van der Waals surface area contributed by atoms with Crippen LogP contribution in [0.4, 0.5) is 0 Å². The van der Waals surface area contributed by atoms with E-state index in [2.05, 4.69) is 44.8 Å². The van der Waals surface area contributed by atoms with Crippen molar-refractivity contribution >= 4 is 0 Å². The fourth-order valence-corrected chi connectivity index (χ4v) is 4.25. The van der Waals surface area contributed by atoms with E-state index in [1.807, 2.05) is 0 Å². The van der Waals surface area contributed by atoms with Crippen LogP contribution in [0, 0.1) is 5.92 Å². The van der Waals surface area contributed by atoms with Crippen LogP contribution in [0.5, 0.6) is 0 Å². The maximum absolute atomic E-state index is 5.58. The normalized spacial score (nSPS) is 19.5. The second kappa shape index (κ2) is 9.01. The Kier molecular flexibility index (Phi) is 8.08. The summed E-state index contributed by atoms with van der Waals surface area (Å²) in [4.78, 5) is 2.69. The highest BCUT2D eigenvalue weighted by Crippen LogP contribution is 2.35. The standard InChI is InChI=1S/C17H36N2O/c1-6-17(7-2,19(9-4)10-5)16(18-8-3)15-11-13-20-14-12-15/h15-16,18H,6-14H2,1-5H3. The first-order chi connectivity index (χ1) is 9.69. The molecule has 1 atom stereocenters. The molecule has 0 radical (unpaired) electrons. The van der Waals surface area contributed by atoms with Crippen LogP contribution < -0.4 is 5.32 Å². The molecule has 0 aromatic heterocycles. The minimum absolute atomic E-state index is 0.293. The average Bonchev–Trinajstić information content (AvgIpc) is 2.52. The quantitative estimate of drug-likeness (QED) is 0.703. The van der Waals surface area contributed by atoms with Gasteiger partial charge in [0.25, 0.3) is 0 Å². The smallest absolute Gasteiger partial charge is 0.0469 e. The maximum Gasteiger partial charge on any atom is 0.0469 e. The minimum Gasteiger partial charge on any atom is -0.381 e. The van der Waals surface area contributed by atoms with E-state index >= 15 is 0 Å². The zero-order chi connectivity index (χ0) is 15.0. The average molecular weight is 284 g/mol. The first-order valence-corrected chi connectivity index (χ1v) is 8.76. The zero-order valence-corrected chi connectivity index (χ0v) is 14.4. The van der Waals surface area contributed by atoms with Crippen LogP contribution >= 0.6 is 0 Å². The van der Waals surface area contributed by atoms with E-state index in [4.69, 9.17) is 4.74 Å². The van der Waals surface area contributed by atoms with Gasteiger partial charge in [-0.25, -0.2) is 0 Å². The molecule has 0 saturated carbocycles. The first-order valence-electron chi connectivity index (χ1n) is 8.76. The molecular weight excluding hydrogens is 248 g/mol. The molecule has 0 aromatic rings. The van der Waals surface area contributed by atoms with Gasteiger partial charge in [0.2, 0.25) is 0 Å². The van der Waals surface area contributed by atoms with Crippen LogP contribution in [-0.4, -0.2) is 49.3 Å². The number of nitrogens with one attached hydrogen (secondary N) is 1. The van der Waals surface area contributed by atoms with E-state index in [0.29, 0.717) is 11.6 Å². The molecule has 1 aliphatic heterocycles. The molecular formula is C17H36N2O. The van der Waals surface area contributed by atoms with Gasteiger partial charge in [-0.1, -0.05) is 34.6 Å². The molecule has 1 unspecified atom stereocenters. The highest BCUT2D eigenvalue weighted by atomic mass is 16.5. The van der Waals surface area contributed by atoms with Crippen molar-refractivity contribution in [3.63, 3.8) is 0 Å². The lowest BCUT2D eigenvalue weighted by Gasteiger charge is -2.51. The SMILES string of the molecule is CCNC(C1CCOCC1)C(CC)(CC)N(CC)CC. The van der Waals surface area contributed by atoms with Gasteiger partial charge < -0.3 is 10.1 Å². The van der Waals surface area contributed by atoms with Crippen molar-refractivity contribution in [3.8, 4) is 0 Å². The van der Waals surface area contributed by atoms with Crippen molar-refractivity contribution in [3.05, 3.63) is 0 Å². The summed E-state index contributed by atoms with van der Waals surface area (Å²) in [5, 5.41) is 3.85. The Morgan fingerprint density at radius 2 is 1.60 bits per heavy atom. The van der Waals surface area contributed by atoms with Crippen LogP contribution in [0.1, 0.15) is 60.3 Å². The van der Waals surface area contributed by atoms with Gasteiger partial charge in [-0.3, -0.25) is 4.90 Å². The van der Waals surface area contributed by atoms with Crippen molar-refractivity contribution in [2.45, 2.75) is 71.9 Å². The summed E-state index contributed by atoms with van der Waals surface area (Å²) in [7, 11) is 0. The van der Waals surface area contributed by atoms with Gasteiger partial charge >= 0.3 is 0 Å². The number of hydrogen-bond donors (Lipinski definition) is 1. The second-order valence-electron chi connectivity index (χ2n) is 5.97. The third-order valence-electron chi connectivity index (χ3n) is 5.36. The summed E-state index contributed by atoms with van der Waals surface area (Å²) < 4.78 is 5.58. The summed E-state index contributed by atoms with van der Waals surface area (Å²) in [6.07, 6.45) is 4.86. The molecule has 20 heavy (non-hydrogen) atoms. The lowest BCUT2D eigenvalue weighted by Crippen LogP contribution is -2.63. The Hall–Kier alpha value is -0.120. The molecule has 0 aromatic carbocycles. The van der Waals surface area contributed by atoms with Crippen molar-refractivity contribution in [1.82, 2.24) is 10.2 Å². The third-order valence-corrected chi connectivity index (χ3v) is 5.36. The second-order valence-corrected chi connectivity index (χ2v) is 5.97. The Morgan fingerprint density at radius 1 is 1.05 bits per heavy atom. The molecule has 0 bridgehead atoms. The van der Waals surface area contributed by atoms with Crippen LogP contribution in [0.15, 0.2) is 0 Å². The van der Waals surface area contributed by atoms with Crippen molar-refractivity contribution in [2.75, 3.05) is 32.8 Å². The van der Waals surface area contributed by atoms with Crippen LogP contribution in [-0.2, 0) is 4.74 Å². The number of hydrogen-bond acceptors (Lipinski definition) is 3. The first kappa shape index (κ1) is 17.9. The predicted octanol–water partition coefficient (Wildman–Crippen LogP) is 3.29. The Balaban J connectivity index is 3.02. The predicted molar refractivity (Wildman–Crippen MR) is 87.2 cm³/mol. The minimum atomic E-state index is 0.293. The number of ether oxygens (including phenoxy) is 1. The highest BCUT2D eigenvalue weighted by molar-refractivity contribution is 5.01. The van der Waals surface area contributed by atoms with Gasteiger partial charge in [0, 0.05) is 24.8 Å². The third kappa shape index (κ3) is 3.75. The van der Waals surface area contributed by atoms with E-state index in [1.54, 1.807) is 0 Å². The fraction of sp³-hybridized carbons (Fsp3) is 1.00. The van der Waals surface area contributed by atoms with E-state index in [0.717, 1.165) is 38.8 Å². The summed E-state index contributed by atoms with van der Waals surface area (Å²) in [6, 6.07) is 0.589. The largest absolute Gasteiger partial charge is 0.381 e. The number of nitrogens with zero attached hydrogens (tertiary/aromatic N) is 1. The van der Waals surface area contributed by atoms with Crippen molar-refractivity contribution in [1.29, 1.82) is 0 Å². The Labute approximate surface area is 126 Å².